The molecule has 0 radical (unpaired) electrons. The van der Waals surface area contributed by atoms with Gasteiger partial charge in [-0.1, -0.05) is 48.2 Å². The summed E-state index contributed by atoms with van der Waals surface area (Å²) in [5, 5.41) is 5.89. The van der Waals surface area contributed by atoms with E-state index in [1.807, 2.05) is 35.7 Å². The molecule has 0 amide bonds. The number of H-pyrrole nitrogens is 1. The zero-order valence-electron chi connectivity index (χ0n) is 15.6. The number of thioether (sulfide) groups is 1. The fraction of sp³-hybridized carbons (Fsp3) is 0.227. The molecule has 0 spiro atoms. The Hall–Kier alpha value is -2.64. The van der Waals surface area contributed by atoms with Gasteiger partial charge in [0.2, 0.25) is 0 Å². The quantitative estimate of drug-likeness (QED) is 0.472. The van der Waals surface area contributed by atoms with Crippen molar-refractivity contribution in [1.29, 1.82) is 0 Å². The normalized spacial score (nSPS) is 18.2. The van der Waals surface area contributed by atoms with Crippen LogP contribution in [0.4, 0.5) is 5.82 Å². The lowest BCUT2D eigenvalue weighted by atomic mass is 9.79. The van der Waals surface area contributed by atoms with E-state index in [1.54, 1.807) is 11.3 Å². The molecule has 146 valence electrons. The minimum atomic E-state index is -0.335. The Bertz CT molecular complexity index is 1150. The van der Waals surface area contributed by atoms with E-state index in [9.17, 15) is 9.59 Å². The smallest absolute Gasteiger partial charge is 0.257 e. The van der Waals surface area contributed by atoms with E-state index in [0.717, 1.165) is 34.7 Å². The maximum absolute atomic E-state index is 13.1. The topological polar surface area (TPSA) is 74.8 Å². The zero-order valence-corrected chi connectivity index (χ0v) is 17.2. The number of allylic oxidation sites excluding steroid dienone is 2. The molecule has 1 aromatic carbocycles. The summed E-state index contributed by atoms with van der Waals surface area (Å²) in [7, 11) is 0. The first-order chi connectivity index (χ1) is 14.2. The minimum absolute atomic E-state index is 0.129. The van der Waals surface area contributed by atoms with Crippen molar-refractivity contribution in [3.63, 3.8) is 0 Å². The van der Waals surface area contributed by atoms with Gasteiger partial charge in [0.25, 0.3) is 5.56 Å². The zero-order chi connectivity index (χ0) is 19.8. The Balaban J connectivity index is 1.55. The van der Waals surface area contributed by atoms with Crippen LogP contribution in [0.3, 0.4) is 0 Å². The van der Waals surface area contributed by atoms with Crippen LogP contribution in [0.5, 0.6) is 0 Å². The van der Waals surface area contributed by atoms with Crippen molar-refractivity contribution in [2.45, 2.75) is 36.1 Å². The summed E-state index contributed by atoms with van der Waals surface area (Å²) in [6.07, 6.45) is 2.17. The summed E-state index contributed by atoms with van der Waals surface area (Å²) in [5.74, 6) is 1.10. The highest BCUT2D eigenvalue weighted by atomic mass is 32.2. The van der Waals surface area contributed by atoms with Crippen molar-refractivity contribution < 1.29 is 4.79 Å². The van der Waals surface area contributed by atoms with Crippen LogP contribution in [0.1, 0.15) is 41.2 Å². The van der Waals surface area contributed by atoms with E-state index in [1.165, 1.54) is 17.3 Å². The number of benzene rings is 1. The molecule has 5 nitrogen and oxygen atoms in total. The SMILES string of the molecule is O=C1CCCC2=C1[C@H](c1cccs1)c1c(nc(SCc3ccccc3)[nH]c1=O)N2. The fourth-order valence-corrected chi connectivity index (χ4v) is 5.63. The van der Waals surface area contributed by atoms with Gasteiger partial charge in [-0.05, 0) is 29.9 Å². The molecule has 0 unspecified atom stereocenters. The molecule has 3 aromatic rings. The predicted molar refractivity (Wildman–Crippen MR) is 117 cm³/mol. The first kappa shape index (κ1) is 18.4. The van der Waals surface area contributed by atoms with Gasteiger partial charge in [0.05, 0.1) is 11.5 Å². The molecule has 2 aliphatic rings. The van der Waals surface area contributed by atoms with Crippen LogP contribution in [0.25, 0.3) is 0 Å². The van der Waals surface area contributed by atoms with Gasteiger partial charge < -0.3 is 10.3 Å². The van der Waals surface area contributed by atoms with Crippen molar-refractivity contribution in [3.05, 3.63) is 85.5 Å². The number of anilines is 1. The van der Waals surface area contributed by atoms with Crippen molar-refractivity contribution in [1.82, 2.24) is 9.97 Å². The van der Waals surface area contributed by atoms with Crippen molar-refractivity contribution in [2.24, 2.45) is 0 Å². The first-order valence-corrected chi connectivity index (χ1v) is 11.4. The highest BCUT2D eigenvalue weighted by molar-refractivity contribution is 7.98. The number of aromatic nitrogens is 2. The molecular formula is C22H19N3O2S2. The van der Waals surface area contributed by atoms with Crippen LogP contribution in [0, 0.1) is 0 Å². The van der Waals surface area contributed by atoms with Gasteiger partial charge in [-0.2, -0.15) is 0 Å². The Morgan fingerprint density at radius 3 is 2.76 bits per heavy atom. The van der Waals surface area contributed by atoms with Gasteiger partial charge in [-0.3, -0.25) is 9.59 Å². The predicted octanol–water partition coefficient (Wildman–Crippen LogP) is 4.69. The van der Waals surface area contributed by atoms with Crippen LogP contribution >= 0.6 is 23.1 Å². The summed E-state index contributed by atoms with van der Waals surface area (Å²) in [6.45, 7) is 0. The lowest BCUT2D eigenvalue weighted by Gasteiger charge is -2.32. The highest BCUT2D eigenvalue weighted by Gasteiger charge is 2.38. The molecule has 2 N–H and O–H groups in total. The summed E-state index contributed by atoms with van der Waals surface area (Å²) >= 11 is 3.07. The molecule has 0 saturated heterocycles. The number of carbonyl (C=O) groups is 1. The molecular weight excluding hydrogens is 402 g/mol. The average molecular weight is 422 g/mol. The molecule has 3 heterocycles. The maximum atomic E-state index is 13.1. The van der Waals surface area contributed by atoms with Crippen molar-refractivity contribution >= 4 is 34.7 Å². The second kappa shape index (κ2) is 7.65. The summed E-state index contributed by atoms with van der Waals surface area (Å²) in [5.41, 5.74) is 3.20. The molecule has 29 heavy (non-hydrogen) atoms. The number of rotatable bonds is 4. The second-order valence-electron chi connectivity index (χ2n) is 7.15. The van der Waals surface area contributed by atoms with Gasteiger partial charge in [0.15, 0.2) is 10.9 Å². The molecule has 0 saturated carbocycles. The van der Waals surface area contributed by atoms with Gasteiger partial charge in [0.1, 0.15) is 5.82 Å². The van der Waals surface area contributed by atoms with E-state index in [4.69, 9.17) is 4.98 Å². The third-order valence-corrected chi connectivity index (χ3v) is 7.16. The number of carbonyl (C=O) groups excluding carboxylic acids is 1. The van der Waals surface area contributed by atoms with Crippen molar-refractivity contribution in [3.8, 4) is 0 Å². The molecule has 0 fully saturated rings. The largest absolute Gasteiger partial charge is 0.343 e. The third-order valence-electron chi connectivity index (χ3n) is 5.28. The van der Waals surface area contributed by atoms with E-state index in [2.05, 4.69) is 22.4 Å². The number of Topliss-reactive ketones (excluding diaryl/α,β-unsaturated/α-hetero) is 1. The first-order valence-electron chi connectivity index (χ1n) is 9.58. The fourth-order valence-electron chi connectivity index (χ4n) is 3.97. The van der Waals surface area contributed by atoms with Crippen LogP contribution in [-0.4, -0.2) is 15.8 Å². The van der Waals surface area contributed by atoms with E-state index >= 15 is 0 Å². The van der Waals surface area contributed by atoms with Crippen LogP contribution < -0.4 is 10.9 Å². The lowest BCUT2D eigenvalue weighted by molar-refractivity contribution is -0.116. The van der Waals surface area contributed by atoms with Crippen LogP contribution in [0.2, 0.25) is 0 Å². The summed E-state index contributed by atoms with van der Waals surface area (Å²) in [6, 6.07) is 14.0. The number of hydrogen-bond acceptors (Lipinski definition) is 6. The Morgan fingerprint density at radius 2 is 1.97 bits per heavy atom. The summed E-state index contributed by atoms with van der Waals surface area (Å²) < 4.78 is 0. The number of ketones is 1. The van der Waals surface area contributed by atoms with Crippen LogP contribution in [0.15, 0.2) is 69.1 Å². The Kier molecular flexibility index (Phi) is 4.85. The molecule has 1 atom stereocenters. The number of thiophene rings is 1. The molecule has 5 rings (SSSR count). The molecule has 1 aliphatic heterocycles. The minimum Gasteiger partial charge on any atom is -0.343 e. The highest BCUT2D eigenvalue weighted by Crippen LogP contribution is 2.44. The molecule has 7 heteroatoms. The van der Waals surface area contributed by atoms with Gasteiger partial charge in [-0.25, -0.2) is 4.98 Å². The standard InChI is InChI=1S/C22H19N3O2S2/c26-15-9-4-8-14-17(15)18(16-10-5-11-28-16)19-20(23-14)24-22(25-21(19)27)29-12-13-6-2-1-3-7-13/h1-3,5-7,10-11,18H,4,8-9,12H2,(H2,23,24,25,27)/t18-/m0/s1. The molecule has 1 aliphatic carbocycles. The van der Waals surface area contributed by atoms with E-state index < -0.39 is 0 Å². The van der Waals surface area contributed by atoms with Gasteiger partial charge in [-0.15, -0.1) is 11.3 Å². The third kappa shape index (κ3) is 3.45. The number of nitrogens with one attached hydrogen (secondary N) is 2. The number of nitrogens with zero attached hydrogens (tertiary/aromatic N) is 1. The number of aromatic amines is 1. The van der Waals surface area contributed by atoms with Gasteiger partial charge in [0, 0.05) is 28.3 Å². The Labute approximate surface area is 176 Å². The van der Waals surface area contributed by atoms with Crippen molar-refractivity contribution in [2.75, 3.05) is 5.32 Å². The summed E-state index contributed by atoms with van der Waals surface area (Å²) in [4.78, 5) is 34.5. The van der Waals surface area contributed by atoms with E-state index in [0.29, 0.717) is 23.0 Å². The van der Waals surface area contributed by atoms with E-state index in [-0.39, 0.29) is 17.3 Å². The number of fused-ring (bicyclic) bond motifs is 1. The Morgan fingerprint density at radius 1 is 1.10 bits per heavy atom. The lowest BCUT2D eigenvalue weighted by Crippen LogP contribution is -2.32. The monoisotopic (exact) mass is 421 g/mol. The number of hydrogen-bond donors (Lipinski definition) is 2. The second-order valence-corrected chi connectivity index (χ2v) is 9.09. The average Bonchev–Trinajstić information content (AvgIpc) is 3.26. The molecule has 0 bridgehead atoms. The molecule has 2 aromatic heterocycles. The van der Waals surface area contributed by atoms with Crippen LogP contribution in [-0.2, 0) is 10.5 Å². The maximum Gasteiger partial charge on any atom is 0.257 e. The van der Waals surface area contributed by atoms with Gasteiger partial charge >= 0.3 is 0 Å².